The number of hydrogen-bond acceptors (Lipinski definition) is 3. The molecule has 148 valence electrons. The summed E-state index contributed by atoms with van der Waals surface area (Å²) in [6.45, 7) is 2.67. The van der Waals surface area contributed by atoms with Gasteiger partial charge in [0.15, 0.2) is 0 Å². The van der Waals surface area contributed by atoms with E-state index in [4.69, 9.17) is 0 Å². The van der Waals surface area contributed by atoms with Gasteiger partial charge < -0.3 is 10.2 Å². The lowest BCUT2D eigenvalue weighted by atomic mass is 10.1. The Bertz CT molecular complexity index is 969. The molecule has 0 aliphatic rings. The van der Waals surface area contributed by atoms with E-state index in [2.05, 4.69) is 17.2 Å². The Hall–Kier alpha value is -3.47. The molecule has 3 aromatic rings. The zero-order valence-electron chi connectivity index (χ0n) is 16.8. The number of nitrogens with zero attached hydrogens (tertiary/aromatic N) is 2. The van der Waals surface area contributed by atoms with Gasteiger partial charge in [-0.3, -0.25) is 14.6 Å². The molecule has 0 aliphatic carbocycles. The number of amides is 2. The standard InChI is InChI=1S/C24H25N3O2/c1-3-18-7-9-22(10-8-18)26-23(28)20-5-4-6-21(17-20)24(29)27(2)16-13-19-11-14-25-15-12-19/h4-12,14-15,17H,3,13,16H2,1-2H3,(H,26,28). The second-order valence-electron chi connectivity index (χ2n) is 6.92. The Morgan fingerprint density at radius 1 is 0.931 bits per heavy atom. The first-order chi connectivity index (χ1) is 14.1. The van der Waals surface area contributed by atoms with E-state index in [0.717, 1.165) is 24.1 Å². The SMILES string of the molecule is CCc1ccc(NC(=O)c2cccc(C(=O)N(C)CCc3ccncc3)c2)cc1. The minimum Gasteiger partial charge on any atom is -0.341 e. The van der Waals surface area contributed by atoms with E-state index in [1.54, 1.807) is 48.6 Å². The predicted octanol–water partition coefficient (Wildman–Crippen LogP) is 4.21. The van der Waals surface area contributed by atoms with Crippen LogP contribution in [0.2, 0.25) is 0 Å². The van der Waals surface area contributed by atoms with Gasteiger partial charge in [0, 0.05) is 42.8 Å². The summed E-state index contributed by atoms with van der Waals surface area (Å²) in [5.74, 6) is -0.343. The highest BCUT2D eigenvalue weighted by Gasteiger charge is 2.14. The number of aromatic nitrogens is 1. The van der Waals surface area contributed by atoms with Gasteiger partial charge in [-0.2, -0.15) is 0 Å². The molecule has 0 saturated heterocycles. The number of likely N-dealkylation sites (N-methyl/N-ethyl adjacent to an activating group) is 1. The van der Waals surface area contributed by atoms with Crippen LogP contribution in [0.4, 0.5) is 5.69 Å². The van der Waals surface area contributed by atoms with Gasteiger partial charge in [-0.1, -0.05) is 25.1 Å². The molecule has 1 heterocycles. The van der Waals surface area contributed by atoms with E-state index in [0.29, 0.717) is 17.7 Å². The molecule has 2 aromatic carbocycles. The van der Waals surface area contributed by atoms with Crippen LogP contribution in [0.1, 0.15) is 38.8 Å². The minimum atomic E-state index is -0.233. The number of anilines is 1. The summed E-state index contributed by atoms with van der Waals surface area (Å²) in [5, 5.41) is 2.88. The van der Waals surface area contributed by atoms with Gasteiger partial charge in [0.1, 0.15) is 0 Å². The smallest absolute Gasteiger partial charge is 0.255 e. The van der Waals surface area contributed by atoms with Gasteiger partial charge in [-0.15, -0.1) is 0 Å². The molecule has 5 nitrogen and oxygen atoms in total. The second-order valence-corrected chi connectivity index (χ2v) is 6.92. The molecule has 0 unspecified atom stereocenters. The monoisotopic (exact) mass is 387 g/mol. The van der Waals surface area contributed by atoms with Crippen molar-refractivity contribution < 1.29 is 9.59 Å². The quantitative estimate of drug-likeness (QED) is 0.660. The zero-order chi connectivity index (χ0) is 20.6. The van der Waals surface area contributed by atoms with Gasteiger partial charge in [0.25, 0.3) is 11.8 Å². The van der Waals surface area contributed by atoms with E-state index >= 15 is 0 Å². The van der Waals surface area contributed by atoms with Crippen LogP contribution in [0.25, 0.3) is 0 Å². The third-order valence-corrected chi connectivity index (χ3v) is 4.82. The number of carbonyl (C=O) groups excluding carboxylic acids is 2. The molecule has 1 N–H and O–H groups in total. The fourth-order valence-electron chi connectivity index (χ4n) is 2.99. The summed E-state index contributed by atoms with van der Waals surface area (Å²) in [6, 6.07) is 18.5. The molecule has 29 heavy (non-hydrogen) atoms. The number of carbonyl (C=O) groups is 2. The van der Waals surface area contributed by atoms with Gasteiger partial charge in [0.2, 0.25) is 0 Å². The summed E-state index contributed by atoms with van der Waals surface area (Å²) >= 11 is 0. The summed E-state index contributed by atoms with van der Waals surface area (Å²) in [5.41, 5.74) is 4.03. The predicted molar refractivity (Wildman–Crippen MR) is 115 cm³/mol. The number of benzene rings is 2. The van der Waals surface area contributed by atoms with Crippen molar-refractivity contribution in [2.24, 2.45) is 0 Å². The molecular formula is C24H25N3O2. The van der Waals surface area contributed by atoms with E-state index < -0.39 is 0 Å². The average Bonchev–Trinajstić information content (AvgIpc) is 2.78. The van der Waals surface area contributed by atoms with E-state index in [-0.39, 0.29) is 11.8 Å². The van der Waals surface area contributed by atoms with Gasteiger partial charge >= 0.3 is 0 Å². The van der Waals surface area contributed by atoms with Gasteiger partial charge in [-0.05, 0) is 66.4 Å². The highest BCUT2D eigenvalue weighted by atomic mass is 16.2. The topological polar surface area (TPSA) is 62.3 Å². The van der Waals surface area contributed by atoms with Crippen LogP contribution in [0, 0.1) is 0 Å². The Balaban J connectivity index is 1.64. The normalized spacial score (nSPS) is 10.4. The lowest BCUT2D eigenvalue weighted by molar-refractivity contribution is 0.0796. The molecule has 0 saturated carbocycles. The molecule has 0 fully saturated rings. The molecule has 0 radical (unpaired) electrons. The van der Waals surface area contributed by atoms with Crippen LogP contribution in [-0.4, -0.2) is 35.3 Å². The largest absolute Gasteiger partial charge is 0.341 e. The van der Waals surface area contributed by atoms with Crippen molar-refractivity contribution in [2.45, 2.75) is 19.8 Å². The van der Waals surface area contributed by atoms with Crippen LogP contribution in [0.15, 0.2) is 73.1 Å². The van der Waals surface area contributed by atoms with Crippen LogP contribution in [-0.2, 0) is 12.8 Å². The second kappa shape index (κ2) is 9.64. The highest BCUT2D eigenvalue weighted by molar-refractivity contribution is 6.06. The van der Waals surface area contributed by atoms with Crippen molar-refractivity contribution in [1.29, 1.82) is 0 Å². The first-order valence-electron chi connectivity index (χ1n) is 9.71. The molecule has 0 bridgehead atoms. The molecule has 0 atom stereocenters. The molecule has 2 amide bonds. The average molecular weight is 387 g/mol. The van der Waals surface area contributed by atoms with Gasteiger partial charge in [-0.25, -0.2) is 0 Å². The van der Waals surface area contributed by atoms with Crippen molar-refractivity contribution in [3.63, 3.8) is 0 Å². The third-order valence-electron chi connectivity index (χ3n) is 4.82. The van der Waals surface area contributed by atoms with E-state index in [1.165, 1.54) is 5.56 Å². The van der Waals surface area contributed by atoms with E-state index in [9.17, 15) is 9.59 Å². The molecule has 3 rings (SSSR count). The molecule has 5 heteroatoms. The van der Waals surface area contributed by atoms with Crippen LogP contribution < -0.4 is 5.32 Å². The summed E-state index contributed by atoms with van der Waals surface area (Å²) in [4.78, 5) is 31.0. The summed E-state index contributed by atoms with van der Waals surface area (Å²) in [7, 11) is 1.77. The Morgan fingerprint density at radius 2 is 1.62 bits per heavy atom. The first-order valence-corrected chi connectivity index (χ1v) is 9.71. The molecule has 0 aliphatic heterocycles. The lowest BCUT2D eigenvalue weighted by Gasteiger charge is -2.17. The van der Waals surface area contributed by atoms with Crippen LogP contribution >= 0.6 is 0 Å². The number of pyridine rings is 1. The molecular weight excluding hydrogens is 362 g/mol. The van der Waals surface area contributed by atoms with Crippen molar-refractivity contribution in [3.05, 3.63) is 95.3 Å². The lowest BCUT2D eigenvalue weighted by Crippen LogP contribution is -2.29. The fraction of sp³-hybridized carbons (Fsp3) is 0.208. The fourth-order valence-corrected chi connectivity index (χ4v) is 2.99. The Kier molecular flexibility index (Phi) is 6.74. The van der Waals surface area contributed by atoms with Gasteiger partial charge in [0.05, 0.1) is 0 Å². The third kappa shape index (κ3) is 5.51. The van der Waals surface area contributed by atoms with Crippen molar-refractivity contribution >= 4 is 17.5 Å². The Morgan fingerprint density at radius 3 is 2.31 bits per heavy atom. The maximum Gasteiger partial charge on any atom is 0.255 e. The number of nitrogens with one attached hydrogen (secondary N) is 1. The van der Waals surface area contributed by atoms with E-state index in [1.807, 2.05) is 36.4 Å². The van der Waals surface area contributed by atoms with Crippen LogP contribution in [0.5, 0.6) is 0 Å². The number of rotatable bonds is 7. The van der Waals surface area contributed by atoms with Crippen molar-refractivity contribution in [3.8, 4) is 0 Å². The summed E-state index contributed by atoms with van der Waals surface area (Å²) < 4.78 is 0. The molecule has 0 spiro atoms. The van der Waals surface area contributed by atoms with Crippen molar-refractivity contribution in [1.82, 2.24) is 9.88 Å². The van der Waals surface area contributed by atoms with Crippen LogP contribution in [0.3, 0.4) is 0 Å². The number of hydrogen-bond donors (Lipinski definition) is 1. The highest BCUT2D eigenvalue weighted by Crippen LogP contribution is 2.14. The zero-order valence-corrected chi connectivity index (χ0v) is 16.8. The number of aryl methyl sites for hydroxylation is 1. The minimum absolute atomic E-state index is 0.110. The maximum atomic E-state index is 12.8. The van der Waals surface area contributed by atoms with Crippen molar-refractivity contribution in [2.75, 3.05) is 18.9 Å². The maximum absolute atomic E-state index is 12.8. The molecule has 1 aromatic heterocycles. The summed E-state index contributed by atoms with van der Waals surface area (Å²) in [6.07, 6.45) is 5.19. The first kappa shape index (κ1) is 20.3. The Labute approximate surface area is 171 Å².